The molecule has 0 saturated carbocycles. The van der Waals surface area contributed by atoms with Crippen LogP contribution in [0.3, 0.4) is 0 Å². The van der Waals surface area contributed by atoms with E-state index in [2.05, 4.69) is 0 Å². The Morgan fingerprint density at radius 3 is 1.71 bits per heavy atom. The molecule has 14 heavy (non-hydrogen) atoms. The average molecular weight is 268 g/mol. The van der Waals surface area contributed by atoms with Crippen LogP contribution in [0.5, 0.6) is 0 Å². The molecule has 0 fully saturated rings. The third-order valence-corrected chi connectivity index (χ3v) is 2.19. The molecule has 0 heterocycles. The van der Waals surface area contributed by atoms with Crippen molar-refractivity contribution in [2.45, 2.75) is 11.8 Å². The van der Waals surface area contributed by atoms with Crippen molar-refractivity contribution in [3.05, 3.63) is 29.8 Å². The van der Waals surface area contributed by atoms with Gasteiger partial charge in [0, 0.05) is 24.2 Å². The van der Waals surface area contributed by atoms with Crippen LogP contribution in [0, 0.1) is 6.92 Å². The Morgan fingerprint density at radius 2 is 1.43 bits per heavy atom. The van der Waals surface area contributed by atoms with Crippen LogP contribution in [-0.2, 0) is 27.2 Å². The summed E-state index contributed by atoms with van der Waals surface area (Å²) < 4.78 is 29.6. The van der Waals surface area contributed by atoms with Gasteiger partial charge in [0.25, 0.3) is 10.1 Å². The third-order valence-electron chi connectivity index (χ3n) is 1.32. The quantitative estimate of drug-likeness (QED) is 0.584. The first-order valence-electron chi connectivity index (χ1n) is 3.49. The second-order valence-electron chi connectivity index (χ2n) is 2.29. The molecule has 0 unspecified atom stereocenters. The van der Waals surface area contributed by atoms with Crippen LogP contribution in [0.4, 0.5) is 0 Å². The van der Waals surface area contributed by atoms with Crippen molar-refractivity contribution in [1.82, 2.24) is 0 Å². The zero-order valence-corrected chi connectivity index (χ0v) is 9.49. The Kier molecular flexibility index (Phi) is 8.00. The van der Waals surface area contributed by atoms with E-state index in [1.54, 1.807) is 12.1 Å². The molecule has 0 aromatic heterocycles. The van der Waals surface area contributed by atoms with Gasteiger partial charge in [0.2, 0.25) is 0 Å². The first-order valence-corrected chi connectivity index (χ1v) is 4.93. The van der Waals surface area contributed by atoms with Gasteiger partial charge in [-0.05, 0) is 19.1 Å². The molecule has 1 aromatic carbocycles. The summed E-state index contributed by atoms with van der Waals surface area (Å²) in [5.41, 5.74) is 0.956. The summed E-state index contributed by atoms with van der Waals surface area (Å²) in [5.74, 6) is 0. The van der Waals surface area contributed by atoms with E-state index in [-0.39, 0.29) is 22.0 Å². The maximum Gasteiger partial charge on any atom is 0.294 e. The van der Waals surface area contributed by atoms with Gasteiger partial charge >= 0.3 is 0 Å². The minimum absolute atomic E-state index is 0. The summed E-state index contributed by atoms with van der Waals surface area (Å²) in [6.45, 7) is 1.84. The number of aryl methyl sites for hydroxylation is 1. The van der Waals surface area contributed by atoms with Gasteiger partial charge in [0.05, 0.1) is 4.90 Å². The van der Waals surface area contributed by atoms with E-state index in [1.165, 1.54) is 12.1 Å². The Morgan fingerprint density at radius 1 is 1.07 bits per heavy atom. The molecule has 2 N–H and O–H groups in total. The fraction of sp³-hybridized carbons (Fsp3) is 0.250. The monoisotopic (exact) mass is 267 g/mol. The average Bonchev–Trinajstić information content (AvgIpc) is 2.07. The van der Waals surface area contributed by atoms with Gasteiger partial charge in [-0.2, -0.15) is 8.42 Å². The van der Waals surface area contributed by atoms with Crippen molar-refractivity contribution in [2.75, 3.05) is 7.11 Å². The molecule has 1 rings (SSSR count). The van der Waals surface area contributed by atoms with Gasteiger partial charge in [-0.15, -0.1) is 0 Å². The number of aliphatic hydroxyl groups excluding tert-OH is 1. The van der Waals surface area contributed by atoms with Crippen LogP contribution < -0.4 is 0 Å². The van der Waals surface area contributed by atoms with Gasteiger partial charge in [-0.3, -0.25) is 4.55 Å². The standard InChI is InChI=1S/C7H8O3S.CH4O.Cu/c1-6-2-4-7(5-3-6)11(8,9)10;1-2;/h2-5H,1H3,(H,8,9,10);2H,1H3;. The van der Waals surface area contributed by atoms with Gasteiger partial charge in [-0.1, -0.05) is 17.7 Å². The zero-order chi connectivity index (χ0) is 10.5. The number of rotatable bonds is 1. The number of hydrogen-bond acceptors (Lipinski definition) is 3. The molecule has 0 spiro atoms. The van der Waals surface area contributed by atoms with Crippen LogP contribution in [-0.4, -0.2) is 25.2 Å². The molecule has 6 heteroatoms. The van der Waals surface area contributed by atoms with Crippen molar-refractivity contribution in [3.8, 4) is 0 Å². The summed E-state index contributed by atoms with van der Waals surface area (Å²) in [7, 11) is -3.02. The topological polar surface area (TPSA) is 74.6 Å². The van der Waals surface area contributed by atoms with Gasteiger partial charge < -0.3 is 5.11 Å². The fourth-order valence-electron chi connectivity index (χ4n) is 0.710. The number of benzene rings is 1. The van der Waals surface area contributed by atoms with E-state index in [9.17, 15) is 8.42 Å². The van der Waals surface area contributed by atoms with Gasteiger partial charge in [0.1, 0.15) is 0 Å². The van der Waals surface area contributed by atoms with Crippen molar-refractivity contribution < 1.29 is 35.1 Å². The molecule has 0 saturated heterocycles. The zero-order valence-electron chi connectivity index (χ0n) is 7.73. The molecule has 0 atom stereocenters. The van der Waals surface area contributed by atoms with Crippen LogP contribution in [0.25, 0.3) is 0 Å². The molecule has 0 aliphatic heterocycles. The van der Waals surface area contributed by atoms with Crippen molar-refractivity contribution >= 4 is 10.1 Å². The minimum Gasteiger partial charge on any atom is -0.400 e. The first kappa shape index (κ1) is 16.1. The normalized spacial score (nSPS) is 9.43. The van der Waals surface area contributed by atoms with Crippen LogP contribution in [0.2, 0.25) is 0 Å². The molecule has 85 valence electrons. The predicted octanol–water partition coefficient (Wildman–Crippen LogP) is 0.848. The molecular formula is C8H12CuO4S. The van der Waals surface area contributed by atoms with Crippen molar-refractivity contribution in [2.24, 2.45) is 0 Å². The summed E-state index contributed by atoms with van der Waals surface area (Å²) in [6, 6.07) is 5.99. The van der Waals surface area contributed by atoms with E-state index in [1.807, 2.05) is 6.92 Å². The maximum atomic E-state index is 10.5. The Bertz CT molecular complexity index is 344. The SMILES string of the molecule is CO.Cc1ccc(S(=O)(=O)O)cc1.[Cu]. The Balaban J connectivity index is 0. The van der Waals surface area contributed by atoms with E-state index in [0.29, 0.717) is 0 Å². The molecule has 0 bridgehead atoms. The largest absolute Gasteiger partial charge is 0.400 e. The molecular weight excluding hydrogens is 256 g/mol. The molecule has 0 amide bonds. The predicted molar refractivity (Wildman–Crippen MR) is 49.1 cm³/mol. The number of hydrogen-bond donors (Lipinski definition) is 2. The Hall–Kier alpha value is -0.391. The summed E-state index contributed by atoms with van der Waals surface area (Å²) >= 11 is 0. The van der Waals surface area contributed by atoms with Crippen LogP contribution in [0.1, 0.15) is 5.56 Å². The second kappa shape index (κ2) is 6.98. The molecule has 0 aliphatic rings. The van der Waals surface area contributed by atoms with E-state index in [4.69, 9.17) is 9.66 Å². The summed E-state index contributed by atoms with van der Waals surface area (Å²) in [5, 5.41) is 7.00. The van der Waals surface area contributed by atoms with E-state index < -0.39 is 10.1 Å². The molecule has 4 nitrogen and oxygen atoms in total. The summed E-state index contributed by atoms with van der Waals surface area (Å²) in [4.78, 5) is -0.0666. The molecule has 1 radical (unpaired) electrons. The minimum atomic E-state index is -4.02. The van der Waals surface area contributed by atoms with E-state index in [0.717, 1.165) is 12.7 Å². The van der Waals surface area contributed by atoms with Crippen molar-refractivity contribution in [3.63, 3.8) is 0 Å². The van der Waals surface area contributed by atoms with Crippen LogP contribution >= 0.6 is 0 Å². The maximum absolute atomic E-state index is 10.5. The molecule has 1 aromatic rings. The molecule has 0 aliphatic carbocycles. The fourth-order valence-corrected chi connectivity index (χ4v) is 1.19. The number of aliphatic hydroxyl groups is 1. The van der Waals surface area contributed by atoms with E-state index >= 15 is 0 Å². The van der Waals surface area contributed by atoms with Crippen LogP contribution in [0.15, 0.2) is 29.2 Å². The Labute approximate surface area is 94.2 Å². The van der Waals surface area contributed by atoms with Gasteiger partial charge in [-0.25, -0.2) is 0 Å². The second-order valence-corrected chi connectivity index (χ2v) is 3.71. The smallest absolute Gasteiger partial charge is 0.294 e. The summed E-state index contributed by atoms with van der Waals surface area (Å²) in [6.07, 6.45) is 0. The van der Waals surface area contributed by atoms with Crippen molar-refractivity contribution in [1.29, 1.82) is 0 Å². The first-order chi connectivity index (χ1) is 6.00. The third kappa shape index (κ3) is 5.36. The van der Waals surface area contributed by atoms with Gasteiger partial charge in [0.15, 0.2) is 0 Å².